The highest BCUT2D eigenvalue weighted by Gasteiger charge is 2.23. The monoisotopic (exact) mass is 161 g/mol. The highest BCUT2D eigenvalue weighted by molar-refractivity contribution is 5.58. The summed E-state index contributed by atoms with van der Waals surface area (Å²) in [5.41, 5.74) is 2.93. The maximum Gasteiger partial charge on any atom is 0.0399 e. The Morgan fingerprint density at radius 1 is 1.42 bits per heavy atom. The largest absolute Gasteiger partial charge is 0.371 e. The second kappa shape index (κ2) is 2.81. The molecular formula is C11H15N. The molecule has 0 amide bonds. The molecule has 0 bridgehead atoms. The molecule has 1 heterocycles. The number of hydrogen-bond acceptors (Lipinski definition) is 1. The third-order valence-electron chi connectivity index (χ3n) is 2.85. The number of fused-ring (bicyclic) bond motifs is 1. The van der Waals surface area contributed by atoms with Crippen molar-refractivity contribution in [1.29, 1.82) is 0 Å². The molecule has 0 radical (unpaired) electrons. The van der Waals surface area contributed by atoms with E-state index in [1.54, 1.807) is 0 Å². The summed E-state index contributed by atoms with van der Waals surface area (Å²) in [6.45, 7) is 2.26. The Balaban J connectivity index is 2.35. The van der Waals surface area contributed by atoms with E-state index in [1.165, 1.54) is 24.1 Å². The van der Waals surface area contributed by atoms with Crippen molar-refractivity contribution in [3.05, 3.63) is 29.8 Å². The van der Waals surface area contributed by atoms with Crippen LogP contribution in [0.3, 0.4) is 0 Å². The van der Waals surface area contributed by atoms with Crippen LogP contribution in [0.15, 0.2) is 24.3 Å². The molecule has 0 aromatic heterocycles. The van der Waals surface area contributed by atoms with Crippen molar-refractivity contribution in [3.63, 3.8) is 0 Å². The van der Waals surface area contributed by atoms with E-state index < -0.39 is 0 Å². The SMILES string of the molecule is CC[C@@H]1Cc2ccccc2N1C. The van der Waals surface area contributed by atoms with Crippen LogP contribution in [-0.2, 0) is 6.42 Å². The smallest absolute Gasteiger partial charge is 0.0399 e. The fraction of sp³-hybridized carbons (Fsp3) is 0.455. The lowest BCUT2D eigenvalue weighted by molar-refractivity contribution is 0.643. The molecule has 0 unspecified atom stereocenters. The summed E-state index contributed by atoms with van der Waals surface area (Å²) in [6, 6.07) is 9.42. The van der Waals surface area contributed by atoms with Crippen molar-refractivity contribution in [2.45, 2.75) is 25.8 Å². The second-order valence-corrected chi connectivity index (χ2v) is 3.51. The molecule has 0 spiro atoms. The predicted octanol–water partition coefficient (Wildman–Crippen LogP) is 2.46. The van der Waals surface area contributed by atoms with Crippen LogP contribution >= 0.6 is 0 Å². The summed E-state index contributed by atoms with van der Waals surface area (Å²) < 4.78 is 0. The lowest BCUT2D eigenvalue weighted by Gasteiger charge is -2.20. The average Bonchev–Trinajstić information content (AvgIpc) is 2.44. The Morgan fingerprint density at radius 2 is 2.17 bits per heavy atom. The Bertz CT molecular complexity index is 280. The van der Waals surface area contributed by atoms with E-state index >= 15 is 0 Å². The van der Waals surface area contributed by atoms with Crippen molar-refractivity contribution in [2.24, 2.45) is 0 Å². The van der Waals surface area contributed by atoms with Crippen molar-refractivity contribution in [3.8, 4) is 0 Å². The van der Waals surface area contributed by atoms with Gasteiger partial charge in [0.15, 0.2) is 0 Å². The number of nitrogens with zero attached hydrogens (tertiary/aromatic N) is 1. The summed E-state index contributed by atoms with van der Waals surface area (Å²) in [6.07, 6.45) is 2.47. The molecule has 12 heavy (non-hydrogen) atoms. The number of hydrogen-bond donors (Lipinski definition) is 0. The van der Waals surface area contributed by atoms with Gasteiger partial charge in [0.2, 0.25) is 0 Å². The first-order valence-corrected chi connectivity index (χ1v) is 4.63. The van der Waals surface area contributed by atoms with E-state index in [2.05, 4.69) is 43.1 Å². The Labute approximate surface area is 74.0 Å². The molecule has 1 aliphatic heterocycles. The molecule has 1 aliphatic rings. The standard InChI is InChI=1S/C11H15N/c1-3-10-8-9-6-4-5-7-11(9)12(10)2/h4-7,10H,3,8H2,1-2H3/t10-/m1/s1. The molecule has 0 saturated carbocycles. The predicted molar refractivity (Wildman–Crippen MR) is 52.6 cm³/mol. The van der Waals surface area contributed by atoms with E-state index in [4.69, 9.17) is 0 Å². The highest BCUT2D eigenvalue weighted by atomic mass is 15.2. The minimum atomic E-state index is 0.724. The van der Waals surface area contributed by atoms with E-state index in [0.29, 0.717) is 0 Å². The van der Waals surface area contributed by atoms with Crippen molar-refractivity contribution in [1.82, 2.24) is 0 Å². The molecule has 0 saturated heterocycles. The van der Waals surface area contributed by atoms with Crippen molar-refractivity contribution < 1.29 is 0 Å². The van der Waals surface area contributed by atoms with Gasteiger partial charge in [0.25, 0.3) is 0 Å². The van der Waals surface area contributed by atoms with Crippen LogP contribution in [0.1, 0.15) is 18.9 Å². The molecule has 64 valence electrons. The summed E-state index contributed by atoms with van der Waals surface area (Å²) in [7, 11) is 2.19. The highest BCUT2D eigenvalue weighted by Crippen LogP contribution is 2.31. The normalized spacial score (nSPS) is 21.2. The van der Waals surface area contributed by atoms with Gasteiger partial charge in [-0.15, -0.1) is 0 Å². The Kier molecular flexibility index (Phi) is 1.80. The lowest BCUT2D eigenvalue weighted by atomic mass is 10.1. The zero-order valence-corrected chi connectivity index (χ0v) is 7.75. The minimum Gasteiger partial charge on any atom is -0.371 e. The maximum atomic E-state index is 2.40. The van der Waals surface area contributed by atoms with Gasteiger partial charge in [-0.2, -0.15) is 0 Å². The molecule has 1 nitrogen and oxygen atoms in total. The summed E-state index contributed by atoms with van der Waals surface area (Å²) >= 11 is 0. The number of para-hydroxylation sites is 1. The molecule has 1 heteroatoms. The van der Waals surface area contributed by atoms with Crippen LogP contribution in [0, 0.1) is 0 Å². The van der Waals surface area contributed by atoms with Gasteiger partial charge in [0.05, 0.1) is 0 Å². The van der Waals surface area contributed by atoms with E-state index in [1.807, 2.05) is 0 Å². The summed E-state index contributed by atoms with van der Waals surface area (Å²) in [4.78, 5) is 2.40. The second-order valence-electron chi connectivity index (χ2n) is 3.51. The molecule has 0 aliphatic carbocycles. The molecule has 0 N–H and O–H groups in total. The Hall–Kier alpha value is -0.980. The minimum absolute atomic E-state index is 0.724. The van der Waals surface area contributed by atoms with Crippen molar-refractivity contribution in [2.75, 3.05) is 11.9 Å². The van der Waals surface area contributed by atoms with Gasteiger partial charge in [-0.25, -0.2) is 0 Å². The number of rotatable bonds is 1. The number of benzene rings is 1. The van der Waals surface area contributed by atoms with Gasteiger partial charge in [-0.05, 0) is 24.5 Å². The first-order valence-electron chi connectivity index (χ1n) is 4.63. The first-order chi connectivity index (χ1) is 5.83. The van der Waals surface area contributed by atoms with Crippen molar-refractivity contribution >= 4 is 5.69 Å². The summed E-state index contributed by atoms with van der Waals surface area (Å²) in [5, 5.41) is 0. The van der Waals surface area contributed by atoms with Gasteiger partial charge in [-0.1, -0.05) is 25.1 Å². The maximum absolute atomic E-state index is 2.40. The molecular weight excluding hydrogens is 146 g/mol. The van der Waals surface area contributed by atoms with Crippen LogP contribution in [0.2, 0.25) is 0 Å². The quantitative estimate of drug-likeness (QED) is 0.611. The van der Waals surface area contributed by atoms with E-state index in [9.17, 15) is 0 Å². The number of likely N-dealkylation sites (N-methyl/N-ethyl adjacent to an activating group) is 1. The van der Waals surface area contributed by atoms with E-state index in [-0.39, 0.29) is 0 Å². The molecule has 0 fully saturated rings. The van der Waals surface area contributed by atoms with Gasteiger partial charge in [0, 0.05) is 18.8 Å². The third kappa shape index (κ3) is 1.01. The third-order valence-corrected chi connectivity index (χ3v) is 2.85. The topological polar surface area (TPSA) is 3.24 Å². The van der Waals surface area contributed by atoms with Gasteiger partial charge in [0.1, 0.15) is 0 Å². The van der Waals surface area contributed by atoms with Crippen LogP contribution in [0.5, 0.6) is 0 Å². The lowest BCUT2D eigenvalue weighted by Crippen LogP contribution is -2.26. The molecule has 1 atom stereocenters. The fourth-order valence-electron chi connectivity index (χ4n) is 2.03. The average molecular weight is 161 g/mol. The molecule has 1 aromatic rings. The summed E-state index contributed by atoms with van der Waals surface area (Å²) in [5.74, 6) is 0. The van der Waals surface area contributed by atoms with Crippen LogP contribution in [0.4, 0.5) is 5.69 Å². The Morgan fingerprint density at radius 3 is 2.83 bits per heavy atom. The van der Waals surface area contributed by atoms with Crippen LogP contribution in [-0.4, -0.2) is 13.1 Å². The van der Waals surface area contributed by atoms with Crippen LogP contribution < -0.4 is 4.90 Å². The first kappa shape index (κ1) is 7.66. The van der Waals surface area contributed by atoms with Gasteiger partial charge in [-0.3, -0.25) is 0 Å². The molecule has 2 rings (SSSR count). The van der Waals surface area contributed by atoms with Gasteiger partial charge >= 0.3 is 0 Å². The fourth-order valence-corrected chi connectivity index (χ4v) is 2.03. The van der Waals surface area contributed by atoms with E-state index in [0.717, 1.165) is 6.04 Å². The number of anilines is 1. The zero-order valence-electron chi connectivity index (χ0n) is 7.75. The van der Waals surface area contributed by atoms with Gasteiger partial charge < -0.3 is 4.90 Å². The molecule has 1 aromatic carbocycles. The zero-order chi connectivity index (χ0) is 8.55. The van der Waals surface area contributed by atoms with Crippen LogP contribution in [0.25, 0.3) is 0 Å².